The zero-order valence-electron chi connectivity index (χ0n) is 17.8. The summed E-state index contributed by atoms with van der Waals surface area (Å²) in [6.45, 7) is 10.6. The van der Waals surface area contributed by atoms with Gasteiger partial charge in [0.15, 0.2) is 0 Å². The Balaban J connectivity index is 1.96. The lowest BCUT2D eigenvalue weighted by molar-refractivity contribution is -0.136. The molecule has 2 aliphatic heterocycles. The van der Waals surface area contributed by atoms with E-state index in [-0.39, 0.29) is 35.6 Å². The molecule has 0 aliphatic carbocycles. The van der Waals surface area contributed by atoms with Crippen molar-refractivity contribution >= 4 is 22.5 Å². The highest BCUT2D eigenvalue weighted by atomic mass is 19.1. The van der Waals surface area contributed by atoms with Crippen molar-refractivity contribution in [1.29, 1.82) is 0 Å². The van der Waals surface area contributed by atoms with Crippen molar-refractivity contribution in [2.24, 2.45) is 17.3 Å². The van der Waals surface area contributed by atoms with Gasteiger partial charge in [0.2, 0.25) is 5.91 Å². The zero-order valence-corrected chi connectivity index (χ0v) is 17.8. The van der Waals surface area contributed by atoms with Crippen LogP contribution in [0.2, 0.25) is 0 Å². The van der Waals surface area contributed by atoms with Crippen LogP contribution in [0.4, 0.5) is 4.39 Å². The number of carbonyl (C=O) groups excluding carboxylic acids is 1. The third kappa shape index (κ3) is 2.90. The number of pyridine rings is 1. The highest BCUT2D eigenvalue weighted by Crippen LogP contribution is 2.48. The molecular weight excluding hydrogens is 367 g/mol. The largest absolute Gasteiger partial charge is 0.392 e. The number of aliphatic hydroxyl groups is 1. The van der Waals surface area contributed by atoms with Crippen LogP contribution < -0.4 is 0 Å². The third-order valence-corrected chi connectivity index (χ3v) is 7.10. The summed E-state index contributed by atoms with van der Waals surface area (Å²) in [5.74, 6) is -0.125. The van der Waals surface area contributed by atoms with Gasteiger partial charge >= 0.3 is 0 Å². The van der Waals surface area contributed by atoms with Gasteiger partial charge in [-0.15, -0.1) is 0 Å². The minimum Gasteiger partial charge on any atom is -0.392 e. The van der Waals surface area contributed by atoms with Crippen LogP contribution in [0.3, 0.4) is 0 Å². The molecule has 0 saturated heterocycles. The lowest BCUT2D eigenvalue weighted by Gasteiger charge is -2.41. The number of rotatable bonds is 4. The first-order valence-electron chi connectivity index (χ1n) is 10.5. The van der Waals surface area contributed by atoms with E-state index in [4.69, 9.17) is 4.98 Å². The Bertz CT molecular complexity index is 1040. The van der Waals surface area contributed by atoms with E-state index in [0.29, 0.717) is 23.3 Å². The molecule has 0 fully saturated rings. The second-order valence-electron chi connectivity index (χ2n) is 9.05. The molecule has 1 aromatic carbocycles. The number of amides is 1. The van der Waals surface area contributed by atoms with E-state index in [1.54, 1.807) is 13.0 Å². The van der Waals surface area contributed by atoms with E-state index in [0.717, 1.165) is 35.1 Å². The Morgan fingerprint density at radius 3 is 2.66 bits per heavy atom. The Hall–Kier alpha value is -2.27. The number of benzene rings is 1. The Morgan fingerprint density at radius 1 is 1.31 bits per heavy atom. The van der Waals surface area contributed by atoms with Crippen LogP contribution in [0.5, 0.6) is 0 Å². The summed E-state index contributed by atoms with van der Waals surface area (Å²) in [4.78, 5) is 20.0. The topological polar surface area (TPSA) is 53.4 Å². The van der Waals surface area contributed by atoms with Crippen LogP contribution in [0, 0.1) is 30.0 Å². The normalized spacial score (nSPS) is 21.4. The van der Waals surface area contributed by atoms with Crippen molar-refractivity contribution in [1.82, 2.24) is 9.88 Å². The number of halogens is 1. The number of aliphatic hydroxyl groups excluding tert-OH is 1. The molecule has 3 heterocycles. The number of hydrogen-bond donors (Lipinski definition) is 1. The second-order valence-corrected chi connectivity index (χ2v) is 9.05. The van der Waals surface area contributed by atoms with Crippen LogP contribution in [-0.4, -0.2) is 20.9 Å². The van der Waals surface area contributed by atoms with Gasteiger partial charge in [-0.1, -0.05) is 40.2 Å². The molecule has 0 radical (unpaired) electrons. The number of nitrogens with zero attached hydrogens (tertiary/aromatic N) is 2. The van der Waals surface area contributed by atoms with Crippen molar-refractivity contribution in [2.75, 3.05) is 0 Å². The number of carbonyl (C=O) groups is 1. The van der Waals surface area contributed by atoms with Crippen molar-refractivity contribution in [3.63, 3.8) is 0 Å². The van der Waals surface area contributed by atoms with Crippen LogP contribution in [0.15, 0.2) is 18.2 Å². The summed E-state index contributed by atoms with van der Waals surface area (Å²) in [7, 11) is 0. The fourth-order valence-corrected chi connectivity index (χ4v) is 4.87. The monoisotopic (exact) mass is 396 g/mol. The number of fused-ring (bicyclic) bond motifs is 4. The molecule has 4 nitrogen and oxygen atoms in total. The lowest BCUT2D eigenvalue weighted by atomic mass is 9.67. The van der Waals surface area contributed by atoms with Gasteiger partial charge in [0.25, 0.3) is 0 Å². The Morgan fingerprint density at radius 2 is 2.03 bits per heavy atom. The van der Waals surface area contributed by atoms with Gasteiger partial charge < -0.3 is 10.0 Å². The van der Waals surface area contributed by atoms with E-state index < -0.39 is 0 Å². The van der Waals surface area contributed by atoms with Gasteiger partial charge in [0.1, 0.15) is 5.82 Å². The molecule has 0 bridgehead atoms. The summed E-state index contributed by atoms with van der Waals surface area (Å²) >= 11 is 0. The van der Waals surface area contributed by atoms with E-state index in [1.807, 2.05) is 4.90 Å². The van der Waals surface area contributed by atoms with E-state index in [2.05, 4.69) is 33.8 Å². The quantitative estimate of drug-likeness (QED) is 0.796. The smallest absolute Gasteiger partial charge is 0.231 e. The van der Waals surface area contributed by atoms with Gasteiger partial charge in [0.05, 0.1) is 30.1 Å². The van der Waals surface area contributed by atoms with Crippen molar-refractivity contribution < 1.29 is 14.3 Å². The van der Waals surface area contributed by atoms with Crippen molar-refractivity contribution in [2.45, 2.75) is 60.6 Å². The van der Waals surface area contributed by atoms with E-state index in [1.165, 1.54) is 6.07 Å². The average molecular weight is 397 g/mol. The second kappa shape index (κ2) is 6.91. The molecular formula is C24H29FN2O2. The molecule has 1 aromatic heterocycles. The summed E-state index contributed by atoms with van der Waals surface area (Å²) in [6.07, 6.45) is 3.96. The molecule has 154 valence electrons. The Labute approximate surface area is 171 Å². The van der Waals surface area contributed by atoms with Gasteiger partial charge in [0, 0.05) is 22.9 Å². The fourth-order valence-electron chi connectivity index (χ4n) is 4.87. The lowest BCUT2D eigenvalue weighted by Crippen LogP contribution is -2.43. The number of aromatic nitrogens is 1. The van der Waals surface area contributed by atoms with Crippen molar-refractivity contribution in [3.05, 3.63) is 46.4 Å². The molecule has 0 saturated carbocycles. The molecule has 2 unspecified atom stereocenters. The van der Waals surface area contributed by atoms with Crippen molar-refractivity contribution in [3.8, 4) is 0 Å². The minimum absolute atomic E-state index is 0.0158. The summed E-state index contributed by atoms with van der Waals surface area (Å²) < 4.78 is 14.2. The van der Waals surface area contributed by atoms with Gasteiger partial charge in [-0.05, 0) is 41.9 Å². The SMILES string of the molecule is CCC1C(=O)N2Cc3c(nc4cc(F)c(C)cc4c3CO)C2=CC1C(C)(C)CC. The summed E-state index contributed by atoms with van der Waals surface area (Å²) in [5.41, 5.74) is 4.19. The first kappa shape index (κ1) is 20.0. The molecule has 2 atom stereocenters. The van der Waals surface area contributed by atoms with Gasteiger partial charge in [-0.3, -0.25) is 4.79 Å². The Kier molecular flexibility index (Phi) is 4.77. The maximum atomic E-state index is 14.2. The number of hydrogen-bond acceptors (Lipinski definition) is 3. The van der Waals surface area contributed by atoms with E-state index in [9.17, 15) is 14.3 Å². The zero-order chi connectivity index (χ0) is 21.1. The predicted molar refractivity (Wildman–Crippen MR) is 112 cm³/mol. The van der Waals surface area contributed by atoms with Crippen LogP contribution in [0.1, 0.15) is 62.9 Å². The van der Waals surface area contributed by atoms with E-state index >= 15 is 0 Å². The number of aryl methyl sites for hydroxylation is 1. The first-order valence-corrected chi connectivity index (χ1v) is 10.5. The van der Waals surface area contributed by atoms with Crippen LogP contribution >= 0.6 is 0 Å². The number of allylic oxidation sites excluding steroid dienone is 1. The molecule has 0 spiro atoms. The molecule has 1 N–H and O–H groups in total. The van der Waals surface area contributed by atoms with Gasteiger partial charge in [-0.25, -0.2) is 9.37 Å². The van der Waals surface area contributed by atoms with Crippen LogP contribution in [0.25, 0.3) is 16.6 Å². The molecule has 4 rings (SSSR count). The minimum atomic E-state index is -0.312. The maximum absolute atomic E-state index is 14.2. The highest BCUT2D eigenvalue weighted by Gasteiger charge is 2.46. The highest BCUT2D eigenvalue weighted by molar-refractivity contribution is 5.96. The molecule has 2 aromatic rings. The standard InChI is InChI=1S/C24H29FN2O2/c1-6-14-18(24(4,5)7-2)9-21-22-16(11-27(21)23(14)29)17(12-28)15-8-13(3)19(25)10-20(15)26-22/h8-10,14,18,28H,6-7,11-12H2,1-5H3. The molecule has 5 heteroatoms. The fraction of sp³-hybridized carbons (Fsp3) is 0.500. The van der Waals surface area contributed by atoms with Gasteiger partial charge in [-0.2, -0.15) is 0 Å². The summed E-state index contributed by atoms with van der Waals surface area (Å²) in [6, 6.07) is 3.18. The molecule has 1 amide bonds. The maximum Gasteiger partial charge on any atom is 0.231 e. The molecule has 29 heavy (non-hydrogen) atoms. The average Bonchev–Trinajstić information content (AvgIpc) is 3.06. The predicted octanol–water partition coefficient (Wildman–Crippen LogP) is 4.95. The third-order valence-electron chi connectivity index (χ3n) is 7.10. The van der Waals surface area contributed by atoms with Crippen LogP contribution in [-0.2, 0) is 17.9 Å². The summed E-state index contributed by atoms with van der Waals surface area (Å²) in [5, 5.41) is 10.9. The first-order chi connectivity index (χ1) is 13.7. The molecule has 2 aliphatic rings.